The van der Waals surface area contributed by atoms with Gasteiger partial charge in [-0.15, -0.1) is 0 Å². The van der Waals surface area contributed by atoms with Crippen LogP contribution in [-0.2, 0) is 14.3 Å². The summed E-state index contributed by atoms with van der Waals surface area (Å²) in [6, 6.07) is 0. The van der Waals surface area contributed by atoms with Gasteiger partial charge in [0, 0.05) is 36.8 Å². The molecule has 6 heteroatoms. The Balaban J connectivity index is 1.62. The van der Waals surface area contributed by atoms with E-state index >= 15 is 0 Å². The Hall–Kier alpha value is -0.750. The van der Waals surface area contributed by atoms with E-state index in [1.54, 1.807) is 0 Å². The molecule has 1 saturated carbocycles. The summed E-state index contributed by atoms with van der Waals surface area (Å²) in [5.41, 5.74) is 0. The van der Waals surface area contributed by atoms with Crippen LogP contribution < -0.4 is 0 Å². The Morgan fingerprint density at radius 1 is 1.26 bits per heavy atom. The van der Waals surface area contributed by atoms with Crippen LogP contribution in [-0.4, -0.2) is 58.7 Å². The maximum absolute atomic E-state index is 12.3. The highest BCUT2D eigenvalue weighted by atomic mass is 32.2. The topological polar surface area (TPSA) is 66.8 Å². The predicted octanol–water partition coefficient (Wildman–Crippen LogP) is 0.832. The van der Waals surface area contributed by atoms with E-state index in [4.69, 9.17) is 9.84 Å². The minimum absolute atomic E-state index is 0.0542. The van der Waals surface area contributed by atoms with Crippen LogP contribution in [0.5, 0.6) is 0 Å². The third-order valence-electron chi connectivity index (χ3n) is 4.39. The van der Waals surface area contributed by atoms with Crippen LogP contribution in [0.2, 0.25) is 0 Å². The first-order valence-corrected chi connectivity index (χ1v) is 7.83. The van der Waals surface area contributed by atoms with Crippen LogP contribution in [0.15, 0.2) is 0 Å². The van der Waals surface area contributed by atoms with Gasteiger partial charge < -0.3 is 14.7 Å². The number of thioether (sulfide) groups is 1. The fraction of sp³-hybridized carbons (Fsp3) is 0.846. The molecule has 1 N–H and O–H groups in total. The number of nitrogens with zero attached hydrogens (tertiary/aromatic N) is 1. The summed E-state index contributed by atoms with van der Waals surface area (Å²) in [7, 11) is 0. The van der Waals surface area contributed by atoms with E-state index in [2.05, 4.69) is 0 Å². The van der Waals surface area contributed by atoms with Gasteiger partial charge in [0.25, 0.3) is 0 Å². The Bertz CT molecular complexity index is 389. The molecular formula is C13H19NO4S. The second-order valence-corrected chi connectivity index (χ2v) is 7.25. The molecule has 3 aliphatic rings. The molecule has 3 fully saturated rings. The molecule has 0 aromatic rings. The zero-order chi connectivity index (χ0) is 13.5. The number of aliphatic carboxylic acids is 1. The number of carbonyl (C=O) groups excluding carboxylic acids is 1. The number of amides is 1. The molecule has 3 rings (SSSR count). The molecule has 2 saturated heterocycles. The highest BCUT2D eigenvalue weighted by molar-refractivity contribution is 8.00. The molecule has 1 amide bonds. The number of rotatable bonds is 2. The minimum atomic E-state index is -0.828. The van der Waals surface area contributed by atoms with Crippen molar-refractivity contribution in [1.29, 1.82) is 0 Å². The van der Waals surface area contributed by atoms with E-state index in [1.165, 1.54) is 0 Å². The Kier molecular flexibility index (Phi) is 3.47. The van der Waals surface area contributed by atoms with Gasteiger partial charge in [-0.3, -0.25) is 9.59 Å². The van der Waals surface area contributed by atoms with Crippen LogP contribution in [0.25, 0.3) is 0 Å². The van der Waals surface area contributed by atoms with Gasteiger partial charge >= 0.3 is 5.97 Å². The predicted molar refractivity (Wildman–Crippen MR) is 71.1 cm³/mol. The lowest BCUT2D eigenvalue weighted by atomic mass is 9.97. The zero-order valence-electron chi connectivity index (χ0n) is 10.8. The fourth-order valence-corrected chi connectivity index (χ4v) is 4.50. The average Bonchev–Trinajstić information content (AvgIpc) is 3.19. The van der Waals surface area contributed by atoms with Crippen LogP contribution in [0.1, 0.15) is 19.3 Å². The molecule has 0 bridgehead atoms. The molecule has 19 heavy (non-hydrogen) atoms. The number of hydrogen-bond donors (Lipinski definition) is 1. The molecule has 0 aromatic heterocycles. The van der Waals surface area contributed by atoms with E-state index < -0.39 is 11.9 Å². The van der Waals surface area contributed by atoms with Crippen molar-refractivity contribution in [3.63, 3.8) is 0 Å². The molecule has 0 aromatic carbocycles. The maximum atomic E-state index is 12.3. The molecule has 2 unspecified atom stereocenters. The summed E-state index contributed by atoms with van der Waals surface area (Å²) < 4.78 is 5.56. The van der Waals surface area contributed by atoms with Gasteiger partial charge in [-0.25, -0.2) is 0 Å². The molecular weight excluding hydrogens is 266 g/mol. The largest absolute Gasteiger partial charge is 0.481 e. The lowest BCUT2D eigenvalue weighted by molar-refractivity contribution is -0.142. The van der Waals surface area contributed by atoms with Crippen molar-refractivity contribution in [1.82, 2.24) is 4.90 Å². The van der Waals surface area contributed by atoms with Gasteiger partial charge in [-0.2, -0.15) is 11.8 Å². The van der Waals surface area contributed by atoms with Crippen LogP contribution in [0.4, 0.5) is 0 Å². The van der Waals surface area contributed by atoms with Crippen molar-refractivity contribution >= 4 is 23.6 Å². The summed E-state index contributed by atoms with van der Waals surface area (Å²) in [6.45, 7) is 3.07. The van der Waals surface area contributed by atoms with Gasteiger partial charge in [0.05, 0.1) is 11.8 Å². The second kappa shape index (κ2) is 4.98. The highest BCUT2D eigenvalue weighted by Gasteiger charge is 2.51. The number of carboxylic acid groups (broad SMARTS) is 1. The van der Waals surface area contributed by atoms with Crippen molar-refractivity contribution < 1.29 is 19.4 Å². The van der Waals surface area contributed by atoms with E-state index in [-0.39, 0.29) is 16.6 Å². The van der Waals surface area contributed by atoms with Crippen molar-refractivity contribution in [2.24, 2.45) is 11.8 Å². The molecule has 106 valence electrons. The van der Waals surface area contributed by atoms with Gasteiger partial charge in [0.1, 0.15) is 0 Å². The molecule has 5 nitrogen and oxygen atoms in total. The normalized spacial score (nSPS) is 33.2. The Labute approximate surface area is 116 Å². The van der Waals surface area contributed by atoms with Crippen molar-refractivity contribution in [3.8, 4) is 0 Å². The smallest absolute Gasteiger partial charge is 0.307 e. The first-order valence-electron chi connectivity index (χ1n) is 6.85. The second-order valence-electron chi connectivity index (χ2n) is 5.69. The summed E-state index contributed by atoms with van der Waals surface area (Å²) >= 11 is 1.96. The summed E-state index contributed by atoms with van der Waals surface area (Å²) in [6.07, 6.45) is 2.51. The number of carbonyl (C=O) groups is 2. The van der Waals surface area contributed by atoms with E-state index in [1.807, 2.05) is 16.7 Å². The highest BCUT2D eigenvalue weighted by Crippen LogP contribution is 2.43. The van der Waals surface area contributed by atoms with Crippen LogP contribution >= 0.6 is 11.8 Å². The third-order valence-corrected chi connectivity index (χ3v) is 5.93. The SMILES string of the molecule is O=C(O)C1CC1C(=O)N1CCSC2(CCOCC2)C1. The first kappa shape index (κ1) is 13.2. The standard InChI is InChI=1S/C13H19NO4S/c15-11(9-7-10(9)12(16)17)14-3-6-19-13(8-14)1-4-18-5-2-13/h9-10H,1-8H2,(H,16,17). The maximum Gasteiger partial charge on any atom is 0.307 e. The Morgan fingerprint density at radius 3 is 2.63 bits per heavy atom. The zero-order valence-corrected chi connectivity index (χ0v) is 11.7. The van der Waals surface area contributed by atoms with E-state index in [0.29, 0.717) is 6.42 Å². The number of carboxylic acids is 1. The quantitative estimate of drug-likeness (QED) is 0.814. The van der Waals surface area contributed by atoms with E-state index in [9.17, 15) is 9.59 Å². The Morgan fingerprint density at radius 2 is 2.00 bits per heavy atom. The van der Waals surface area contributed by atoms with Crippen LogP contribution in [0, 0.1) is 11.8 Å². The van der Waals surface area contributed by atoms with Crippen molar-refractivity contribution in [2.75, 3.05) is 32.1 Å². The fourth-order valence-electron chi connectivity index (χ4n) is 3.05. The van der Waals surface area contributed by atoms with E-state index in [0.717, 1.165) is 44.9 Å². The molecule has 2 atom stereocenters. The lowest BCUT2D eigenvalue weighted by Crippen LogP contribution is -2.52. The summed E-state index contributed by atoms with van der Waals surface area (Å²) in [5, 5.41) is 8.92. The lowest BCUT2D eigenvalue weighted by Gasteiger charge is -2.44. The molecule has 1 spiro atoms. The number of ether oxygens (including phenoxy) is 1. The molecule has 2 aliphatic heterocycles. The van der Waals surface area contributed by atoms with Crippen LogP contribution in [0.3, 0.4) is 0 Å². The summed E-state index contributed by atoms with van der Waals surface area (Å²) in [5.74, 6) is -0.523. The van der Waals surface area contributed by atoms with Gasteiger partial charge in [0.2, 0.25) is 5.91 Å². The summed E-state index contributed by atoms with van der Waals surface area (Å²) in [4.78, 5) is 25.1. The molecule has 2 heterocycles. The average molecular weight is 285 g/mol. The van der Waals surface area contributed by atoms with Crippen molar-refractivity contribution in [2.45, 2.75) is 24.0 Å². The van der Waals surface area contributed by atoms with Crippen molar-refractivity contribution in [3.05, 3.63) is 0 Å². The molecule has 1 aliphatic carbocycles. The van der Waals surface area contributed by atoms with Gasteiger partial charge in [0.15, 0.2) is 0 Å². The molecule has 0 radical (unpaired) electrons. The first-order chi connectivity index (χ1) is 9.11. The third kappa shape index (κ3) is 2.60. The van der Waals surface area contributed by atoms with Gasteiger partial charge in [-0.1, -0.05) is 0 Å². The number of hydrogen-bond acceptors (Lipinski definition) is 4. The minimum Gasteiger partial charge on any atom is -0.481 e. The monoisotopic (exact) mass is 285 g/mol. The van der Waals surface area contributed by atoms with Gasteiger partial charge in [-0.05, 0) is 19.3 Å².